The van der Waals surface area contributed by atoms with Crippen LogP contribution < -0.4 is 43.1 Å². The van der Waals surface area contributed by atoms with Gasteiger partial charge in [0.15, 0.2) is 23.0 Å². The first-order chi connectivity index (χ1) is 39.4. The van der Waals surface area contributed by atoms with Gasteiger partial charge in [0.05, 0.1) is 33.0 Å². The first kappa shape index (κ1) is 73.1. The molecule has 460 valence electrons. The molecule has 7 aliphatic rings. The van der Waals surface area contributed by atoms with Crippen LogP contribution >= 0.6 is 11.6 Å². The topological polar surface area (TPSA) is 159 Å². The van der Waals surface area contributed by atoms with Crippen molar-refractivity contribution in [3.8, 4) is 23.0 Å². The van der Waals surface area contributed by atoms with E-state index < -0.39 is 11.5 Å². The largest absolute Gasteiger partial charge is 1.00 e. The van der Waals surface area contributed by atoms with Gasteiger partial charge in [0.2, 0.25) is 11.8 Å². The Kier molecular flexibility index (Phi) is 33.7. The van der Waals surface area contributed by atoms with Crippen molar-refractivity contribution in [3.05, 3.63) is 126 Å². The summed E-state index contributed by atoms with van der Waals surface area (Å²) < 4.78 is 33.4. The molecule has 2 saturated heterocycles. The molecule has 4 fully saturated rings. The number of ether oxygens (including phenoxy) is 6. The van der Waals surface area contributed by atoms with Crippen LogP contribution in [0.2, 0.25) is 0 Å². The zero-order valence-corrected chi connectivity index (χ0v) is 52.1. The molecule has 0 aromatic heterocycles. The van der Waals surface area contributed by atoms with Crippen LogP contribution in [0.1, 0.15) is 193 Å². The zero-order chi connectivity index (χ0) is 59.6. The third-order valence-corrected chi connectivity index (χ3v) is 16.9. The molecule has 9 rings (SSSR count). The van der Waals surface area contributed by atoms with Crippen LogP contribution in [0.3, 0.4) is 0 Å². The zero-order valence-electron chi connectivity index (χ0n) is 51.3. The average Bonchev–Trinajstić information content (AvgIpc) is 4.02. The maximum atomic E-state index is 12.6. The monoisotopic (exact) mass is 1170 g/mol. The number of methoxy groups -OCH3 is 2. The Balaban J connectivity index is 0.000000309. The molecular weight excluding hydrogens is 1080 g/mol. The van der Waals surface area contributed by atoms with Crippen molar-refractivity contribution in [1.29, 1.82) is 0 Å². The second-order valence-corrected chi connectivity index (χ2v) is 23.4. The molecule has 0 spiro atoms. The van der Waals surface area contributed by atoms with Crippen LogP contribution in [0.5, 0.6) is 23.0 Å². The number of unbranched alkanes of at least 4 members (excludes halogenated alkanes) is 1. The SMILES string of the molecule is C.C=C(C)C1CC=C(COC(=O)Cl)CC1.C=C(C)C1CC=C(COC(=O)N2CC(c3ccc(OC)c(OC4CCCC4)c3)CC2=O)CC1.C=C(C)[C@@H]1CC=C(CO)CC1.COc1ccc(C2CNC(=O)C2)cc1OC1CCCC1.[CH2-]CCC.[Li+]. The minimum absolute atomic E-state index is 0. The summed E-state index contributed by atoms with van der Waals surface area (Å²) >= 11 is 5.07. The van der Waals surface area contributed by atoms with Gasteiger partial charge in [0.1, 0.15) is 13.2 Å². The van der Waals surface area contributed by atoms with Gasteiger partial charge in [-0.1, -0.05) is 87.6 Å². The van der Waals surface area contributed by atoms with Gasteiger partial charge in [-0.3, -0.25) is 9.59 Å². The number of imide groups is 1. The van der Waals surface area contributed by atoms with Gasteiger partial charge in [-0.05, 0) is 200 Å². The molecule has 2 saturated carbocycles. The maximum Gasteiger partial charge on any atom is 1.00 e. The summed E-state index contributed by atoms with van der Waals surface area (Å²) in [7, 11) is 3.30. The molecule has 2 heterocycles. The summed E-state index contributed by atoms with van der Waals surface area (Å²) in [6, 6.07) is 11.8. The third kappa shape index (κ3) is 24.3. The molecular formula is C69H100ClLiN2O11. The average molecular weight is 1180 g/mol. The van der Waals surface area contributed by atoms with E-state index in [4.69, 9.17) is 45.1 Å². The van der Waals surface area contributed by atoms with Crippen molar-refractivity contribution in [2.24, 2.45) is 17.8 Å². The Morgan fingerprint density at radius 2 is 1.10 bits per heavy atom. The number of likely N-dealkylation sites (tertiary alicyclic amines) is 1. The number of hydrogen-bond acceptors (Lipinski definition) is 11. The third-order valence-electron chi connectivity index (χ3n) is 16.7. The number of carbonyl (C=O) groups excluding carboxylic acids is 4. The molecule has 0 bridgehead atoms. The van der Waals surface area contributed by atoms with Crippen LogP contribution in [0.25, 0.3) is 0 Å². The van der Waals surface area contributed by atoms with Crippen LogP contribution in [-0.4, -0.2) is 92.7 Å². The Bertz CT molecular complexity index is 2540. The van der Waals surface area contributed by atoms with E-state index in [1.807, 2.05) is 36.4 Å². The predicted octanol–water partition coefficient (Wildman–Crippen LogP) is 13.6. The van der Waals surface area contributed by atoms with Crippen molar-refractivity contribution in [1.82, 2.24) is 10.2 Å². The molecule has 5 aliphatic carbocycles. The van der Waals surface area contributed by atoms with Gasteiger partial charge in [-0.2, -0.15) is 6.42 Å². The van der Waals surface area contributed by atoms with Crippen LogP contribution in [0, 0.1) is 24.7 Å². The summed E-state index contributed by atoms with van der Waals surface area (Å²) in [4.78, 5) is 48.2. The number of aliphatic hydroxyl groups excluding tert-OH is 1. The number of aliphatic hydroxyl groups is 1. The summed E-state index contributed by atoms with van der Waals surface area (Å²) in [6.45, 7) is 25.7. The fourth-order valence-electron chi connectivity index (χ4n) is 11.2. The fraction of sp³-hybridized carbons (Fsp3) is 0.580. The minimum Gasteiger partial charge on any atom is -0.493 e. The Morgan fingerprint density at radius 3 is 1.45 bits per heavy atom. The summed E-state index contributed by atoms with van der Waals surface area (Å²) in [5.41, 5.74) is 8.59. The molecule has 2 aromatic rings. The van der Waals surface area contributed by atoms with E-state index in [0.29, 0.717) is 61.5 Å². The molecule has 3 amide bonds. The molecule has 0 radical (unpaired) electrons. The molecule has 84 heavy (non-hydrogen) atoms. The molecule has 5 atom stereocenters. The van der Waals surface area contributed by atoms with Crippen LogP contribution in [0.4, 0.5) is 9.59 Å². The summed E-state index contributed by atoms with van der Waals surface area (Å²) in [6.07, 6.45) is 28.0. The van der Waals surface area contributed by atoms with Gasteiger partial charge in [-0.25, -0.2) is 14.5 Å². The molecule has 13 nitrogen and oxygen atoms in total. The quantitative estimate of drug-likeness (QED) is 0.0672. The number of nitrogens with zero attached hydrogens (tertiary/aromatic N) is 1. The van der Waals surface area contributed by atoms with E-state index in [1.54, 1.807) is 14.2 Å². The maximum absolute atomic E-state index is 12.6. The van der Waals surface area contributed by atoms with Crippen molar-refractivity contribution < 1.29 is 71.6 Å². The van der Waals surface area contributed by atoms with Gasteiger partial charge < -0.3 is 45.8 Å². The van der Waals surface area contributed by atoms with Crippen molar-refractivity contribution in [2.45, 2.75) is 194 Å². The van der Waals surface area contributed by atoms with Crippen molar-refractivity contribution in [2.75, 3.05) is 47.1 Å². The van der Waals surface area contributed by atoms with Crippen molar-refractivity contribution >= 4 is 34.9 Å². The Labute approximate surface area is 521 Å². The van der Waals surface area contributed by atoms with E-state index in [2.05, 4.69) is 77.9 Å². The van der Waals surface area contributed by atoms with E-state index in [0.717, 1.165) is 117 Å². The number of benzene rings is 2. The standard InChI is InChI=1S/C27H35NO5.C16H21NO3.C11H15ClO2.C10H16O.C4H9.CH4.Li/c1-18(2)20-10-8-19(9-11-20)17-32-27(30)28-16-22(15-26(28)29)21-12-13-24(31-3)25(14-21)33-23-6-4-5-7-23;1-19-14-7-6-11(12-9-16(18)17-10-12)8-15(14)20-13-4-2-3-5-13;1-8(2)10-5-3-9(4-6-10)7-14-11(12)13;1-8(2)10-5-3-9(7-11)4-6-10;1-3-4-2;;/h8,12-14,20,22-23H,1,4-7,9-11,15-17H2,2-3H3;6-8,12-13H,2-5,9-10H2,1H3,(H,17,18);3,10H,1,4-7H2,2H3;3,10-11H,1,4-7H2,2H3;1,3-4H2,2H3;1H4;/q;;;;-1;;+1/t;;;10-;;;/m...1.../s1. The number of allylic oxidation sites excluding steroid dienone is 6. The fourth-order valence-corrected chi connectivity index (χ4v) is 11.2. The van der Waals surface area contributed by atoms with Gasteiger partial charge in [-0.15, -0.1) is 0 Å². The summed E-state index contributed by atoms with van der Waals surface area (Å²) in [5.74, 6) is 4.87. The molecule has 2 aliphatic heterocycles. The van der Waals surface area contributed by atoms with Gasteiger partial charge >= 0.3 is 30.4 Å². The predicted molar refractivity (Wildman–Crippen MR) is 335 cm³/mol. The second kappa shape index (κ2) is 38.8. The number of rotatable bonds is 17. The first-order valence-corrected chi connectivity index (χ1v) is 30.5. The Hall–Kier alpha value is -5.19. The molecule has 2 aromatic carbocycles. The number of nitrogens with one attached hydrogen (secondary N) is 1. The first-order valence-electron chi connectivity index (χ1n) is 30.1. The van der Waals surface area contributed by atoms with Crippen LogP contribution in [0.15, 0.2) is 108 Å². The molecule has 2 N–H and O–H groups in total. The van der Waals surface area contributed by atoms with E-state index in [1.165, 1.54) is 65.7 Å². The number of hydrogen-bond donors (Lipinski definition) is 2. The Morgan fingerprint density at radius 1 is 0.667 bits per heavy atom. The van der Waals surface area contributed by atoms with Crippen LogP contribution in [-0.2, 0) is 19.1 Å². The van der Waals surface area contributed by atoms with Gasteiger partial charge in [0.25, 0.3) is 0 Å². The number of halogens is 1. The van der Waals surface area contributed by atoms with E-state index in [9.17, 15) is 19.2 Å². The van der Waals surface area contributed by atoms with Gasteiger partial charge in [0, 0.05) is 49.4 Å². The van der Waals surface area contributed by atoms with E-state index >= 15 is 0 Å². The molecule has 15 heteroatoms. The normalized spacial score (nSPS) is 21.8. The van der Waals surface area contributed by atoms with Crippen molar-refractivity contribution in [3.63, 3.8) is 0 Å². The second-order valence-electron chi connectivity index (χ2n) is 23.1. The number of carbonyl (C=O) groups is 4. The van der Waals surface area contributed by atoms with E-state index in [-0.39, 0.29) is 75.7 Å². The summed E-state index contributed by atoms with van der Waals surface area (Å²) in [5, 5.41) is 11.7. The minimum atomic E-state index is -0.729. The number of amides is 3. The smallest absolute Gasteiger partial charge is 0.493 e. The molecule has 4 unspecified atom stereocenters.